The van der Waals surface area contributed by atoms with Crippen LogP contribution in [0.1, 0.15) is 5.89 Å². The molecule has 7 heteroatoms. The first kappa shape index (κ1) is 14.0. The first-order valence-electron chi connectivity index (χ1n) is 5.57. The Balaban J connectivity index is 1.79. The molecule has 1 amide bonds. The third-order valence-corrected chi connectivity index (χ3v) is 3.45. The number of hydrogen-bond acceptors (Lipinski definition) is 6. The normalized spacial score (nSPS) is 10.4. The van der Waals surface area contributed by atoms with Crippen molar-refractivity contribution in [2.24, 2.45) is 0 Å². The van der Waals surface area contributed by atoms with Crippen LogP contribution in [-0.4, -0.2) is 28.1 Å². The quantitative estimate of drug-likeness (QED) is 0.826. The summed E-state index contributed by atoms with van der Waals surface area (Å²) in [7, 11) is 0. The molecule has 100 valence electrons. The molecule has 1 heterocycles. The molecule has 0 aliphatic heterocycles. The third kappa shape index (κ3) is 4.60. The van der Waals surface area contributed by atoms with Gasteiger partial charge in [0.05, 0.1) is 11.5 Å². The smallest absolute Gasteiger partial charge is 0.277 e. The molecule has 0 saturated carbocycles. The molecule has 0 spiro atoms. The number of carbonyl (C=O) groups is 1. The molecule has 0 bridgehead atoms. The summed E-state index contributed by atoms with van der Waals surface area (Å²) in [6.07, 6.45) is 1.96. The Hall–Kier alpha value is -1.47. The lowest BCUT2D eigenvalue weighted by atomic mass is 10.3. The van der Waals surface area contributed by atoms with E-state index in [1.165, 1.54) is 11.8 Å². The van der Waals surface area contributed by atoms with Crippen LogP contribution < -0.4 is 5.32 Å². The lowest BCUT2D eigenvalue weighted by Gasteiger charge is -2.02. The maximum atomic E-state index is 11.7. The van der Waals surface area contributed by atoms with E-state index >= 15 is 0 Å². The van der Waals surface area contributed by atoms with Crippen molar-refractivity contribution in [1.82, 2.24) is 10.2 Å². The largest absolute Gasteiger partial charge is 0.415 e. The number of hydrogen-bond donors (Lipinski definition) is 1. The summed E-state index contributed by atoms with van der Waals surface area (Å²) in [4.78, 5) is 11.7. The molecule has 0 aliphatic carbocycles. The van der Waals surface area contributed by atoms with E-state index < -0.39 is 0 Å². The van der Waals surface area contributed by atoms with Crippen LogP contribution in [0.15, 0.2) is 40.0 Å². The van der Waals surface area contributed by atoms with Gasteiger partial charge in [-0.25, -0.2) is 0 Å². The molecule has 19 heavy (non-hydrogen) atoms. The second-order valence-corrected chi connectivity index (χ2v) is 5.39. The summed E-state index contributed by atoms with van der Waals surface area (Å²) in [5.41, 5.74) is 0.779. The van der Waals surface area contributed by atoms with Crippen molar-refractivity contribution in [3.05, 3.63) is 36.2 Å². The third-order valence-electron chi connectivity index (χ3n) is 2.10. The van der Waals surface area contributed by atoms with Crippen molar-refractivity contribution in [2.45, 2.75) is 11.0 Å². The highest BCUT2D eigenvalue weighted by molar-refractivity contribution is 7.99. The van der Waals surface area contributed by atoms with E-state index in [1.54, 1.807) is 11.8 Å². The summed E-state index contributed by atoms with van der Waals surface area (Å²) in [6, 6.07) is 9.32. The van der Waals surface area contributed by atoms with Crippen LogP contribution in [-0.2, 0) is 10.5 Å². The van der Waals surface area contributed by atoms with Crippen molar-refractivity contribution in [3.63, 3.8) is 0 Å². The van der Waals surface area contributed by atoms with Gasteiger partial charge >= 0.3 is 0 Å². The Morgan fingerprint density at radius 2 is 2.11 bits per heavy atom. The Kier molecular flexibility index (Phi) is 5.29. The molecule has 0 aliphatic rings. The molecule has 0 radical (unpaired) electrons. The average molecular weight is 295 g/mol. The van der Waals surface area contributed by atoms with Gasteiger partial charge in [0.25, 0.3) is 5.22 Å². The van der Waals surface area contributed by atoms with E-state index in [-0.39, 0.29) is 11.7 Å². The molecule has 2 aromatic rings. The van der Waals surface area contributed by atoms with Gasteiger partial charge in [0.1, 0.15) is 0 Å². The molecule has 0 unspecified atom stereocenters. The highest BCUT2D eigenvalue weighted by Crippen LogP contribution is 2.18. The molecule has 5 nitrogen and oxygen atoms in total. The van der Waals surface area contributed by atoms with Crippen molar-refractivity contribution in [2.75, 3.05) is 17.3 Å². The Labute approximate surface area is 119 Å². The Morgan fingerprint density at radius 1 is 1.32 bits per heavy atom. The summed E-state index contributed by atoms with van der Waals surface area (Å²) in [5, 5.41) is 11.0. The van der Waals surface area contributed by atoms with Gasteiger partial charge in [-0.2, -0.15) is 11.8 Å². The number of aromatic nitrogens is 2. The molecular weight excluding hydrogens is 282 g/mol. The summed E-state index contributed by atoms with van der Waals surface area (Å²) in [5.74, 6) is 1.42. The van der Waals surface area contributed by atoms with Gasteiger partial charge in [-0.3, -0.25) is 4.79 Å². The van der Waals surface area contributed by atoms with E-state index in [2.05, 4.69) is 15.5 Å². The van der Waals surface area contributed by atoms with Crippen molar-refractivity contribution < 1.29 is 9.21 Å². The fourth-order valence-corrected chi connectivity index (χ4v) is 2.27. The molecule has 0 fully saturated rings. The molecular formula is C12H13N3O2S2. The van der Waals surface area contributed by atoms with Crippen molar-refractivity contribution in [1.29, 1.82) is 0 Å². The SMILES string of the molecule is CSCc1nnc(SCC(=O)Nc2ccccc2)o1. The number of amides is 1. The van der Waals surface area contributed by atoms with Gasteiger partial charge < -0.3 is 9.73 Å². The fourth-order valence-electron chi connectivity index (χ4n) is 1.32. The number of anilines is 1. The second-order valence-electron chi connectivity index (χ2n) is 3.60. The topological polar surface area (TPSA) is 68.0 Å². The zero-order valence-corrected chi connectivity index (χ0v) is 12.0. The second kappa shape index (κ2) is 7.20. The van der Waals surface area contributed by atoms with Crippen LogP contribution in [0.25, 0.3) is 0 Å². The van der Waals surface area contributed by atoms with E-state index in [4.69, 9.17) is 4.42 Å². The minimum absolute atomic E-state index is 0.0965. The average Bonchev–Trinajstić information content (AvgIpc) is 2.86. The summed E-state index contributed by atoms with van der Waals surface area (Å²) in [6.45, 7) is 0. The van der Waals surface area contributed by atoms with Crippen LogP contribution in [0.3, 0.4) is 0 Å². The monoisotopic (exact) mass is 295 g/mol. The first-order chi connectivity index (χ1) is 9.28. The number of para-hydroxylation sites is 1. The highest BCUT2D eigenvalue weighted by Gasteiger charge is 2.09. The zero-order chi connectivity index (χ0) is 13.5. The maximum absolute atomic E-state index is 11.7. The molecule has 0 atom stereocenters. The summed E-state index contributed by atoms with van der Waals surface area (Å²) < 4.78 is 5.36. The number of nitrogens with one attached hydrogen (secondary N) is 1. The zero-order valence-electron chi connectivity index (χ0n) is 10.3. The van der Waals surface area contributed by atoms with Gasteiger partial charge in [-0.1, -0.05) is 30.0 Å². The highest BCUT2D eigenvalue weighted by atomic mass is 32.2. The predicted octanol–water partition coefficient (Wildman–Crippen LogP) is 2.66. The van der Waals surface area contributed by atoms with Crippen LogP contribution in [0, 0.1) is 0 Å². The first-order valence-corrected chi connectivity index (χ1v) is 7.95. The number of rotatable bonds is 6. The summed E-state index contributed by atoms with van der Waals surface area (Å²) >= 11 is 2.84. The number of carbonyl (C=O) groups excluding carboxylic acids is 1. The lowest BCUT2D eigenvalue weighted by molar-refractivity contribution is -0.113. The van der Waals surface area contributed by atoms with Crippen molar-refractivity contribution >= 4 is 35.1 Å². The van der Waals surface area contributed by atoms with Gasteiger partial charge in [-0.05, 0) is 18.4 Å². The van der Waals surface area contributed by atoms with Gasteiger partial charge in [0.15, 0.2) is 0 Å². The number of thioether (sulfide) groups is 2. The standard InChI is InChI=1S/C12H13N3O2S2/c1-18-8-11-14-15-12(17-11)19-7-10(16)13-9-5-3-2-4-6-9/h2-6H,7-8H2,1H3,(H,13,16). The van der Waals surface area contributed by atoms with Crippen LogP contribution in [0.5, 0.6) is 0 Å². The van der Waals surface area contributed by atoms with Crippen LogP contribution in [0.4, 0.5) is 5.69 Å². The molecule has 0 saturated heterocycles. The van der Waals surface area contributed by atoms with E-state index in [9.17, 15) is 4.79 Å². The molecule has 1 aromatic carbocycles. The van der Waals surface area contributed by atoms with Gasteiger partial charge in [-0.15, -0.1) is 10.2 Å². The van der Waals surface area contributed by atoms with Gasteiger partial charge in [0.2, 0.25) is 11.8 Å². The number of benzene rings is 1. The minimum atomic E-state index is -0.0965. The molecule has 1 N–H and O–H groups in total. The van der Waals surface area contributed by atoms with E-state index in [0.717, 1.165) is 5.69 Å². The van der Waals surface area contributed by atoms with E-state index in [0.29, 0.717) is 16.9 Å². The van der Waals surface area contributed by atoms with Crippen molar-refractivity contribution in [3.8, 4) is 0 Å². The fraction of sp³-hybridized carbons (Fsp3) is 0.250. The Bertz CT molecular complexity index is 531. The predicted molar refractivity (Wildman–Crippen MR) is 77.3 cm³/mol. The van der Waals surface area contributed by atoms with Crippen LogP contribution in [0.2, 0.25) is 0 Å². The maximum Gasteiger partial charge on any atom is 0.277 e. The minimum Gasteiger partial charge on any atom is -0.415 e. The van der Waals surface area contributed by atoms with Crippen LogP contribution >= 0.6 is 23.5 Å². The molecule has 1 aromatic heterocycles. The van der Waals surface area contributed by atoms with Gasteiger partial charge in [0, 0.05) is 5.69 Å². The Morgan fingerprint density at radius 3 is 2.84 bits per heavy atom. The lowest BCUT2D eigenvalue weighted by Crippen LogP contribution is -2.13. The number of nitrogens with zero attached hydrogens (tertiary/aromatic N) is 2. The van der Waals surface area contributed by atoms with E-state index in [1.807, 2.05) is 36.6 Å². The molecule has 2 rings (SSSR count).